The smallest absolute Gasteiger partial charge is 0.325 e. The van der Waals surface area contributed by atoms with Crippen LogP contribution in [-0.4, -0.2) is 16.6 Å². The molecule has 1 aromatic carbocycles. The highest BCUT2D eigenvalue weighted by Gasteiger charge is 2.05. The van der Waals surface area contributed by atoms with E-state index in [9.17, 15) is 0 Å². The van der Waals surface area contributed by atoms with E-state index in [2.05, 4.69) is 9.97 Å². The number of aromatic nitrogens is 2. The molecule has 5 heteroatoms. The monoisotopic (exact) mass is 245 g/mol. The Balaban J connectivity index is 2.20. The highest BCUT2D eigenvalue weighted by molar-refractivity contribution is 5.47. The summed E-state index contributed by atoms with van der Waals surface area (Å²) in [6.07, 6.45) is 1.60. The molecule has 94 valence electrons. The number of benzene rings is 1. The van der Waals surface area contributed by atoms with Crippen LogP contribution < -0.4 is 15.2 Å². The van der Waals surface area contributed by atoms with Crippen molar-refractivity contribution in [1.29, 1.82) is 0 Å². The van der Waals surface area contributed by atoms with Crippen LogP contribution in [0.15, 0.2) is 30.5 Å². The number of nitrogens with two attached hydrogens (primary N) is 1. The minimum absolute atomic E-state index is 0.258. The van der Waals surface area contributed by atoms with Crippen molar-refractivity contribution in [3.8, 4) is 17.6 Å². The summed E-state index contributed by atoms with van der Waals surface area (Å²) in [7, 11) is 0. The summed E-state index contributed by atoms with van der Waals surface area (Å²) in [6, 6.07) is 7.35. The van der Waals surface area contributed by atoms with Gasteiger partial charge in [-0.05, 0) is 37.6 Å². The molecule has 0 amide bonds. The van der Waals surface area contributed by atoms with E-state index >= 15 is 0 Å². The SMILES string of the molecule is CCOc1ccnc(Oc2ccc(N)cc2C)n1. The van der Waals surface area contributed by atoms with E-state index in [0.29, 0.717) is 23.9 Å². The van der Waals surface area contributed by atoms with Crippen molar-refractivity contribution in [1.82, 2.24) is 9.97 Å². The minimum atomic E-state index is 0.258. The summed E-state index contributed by atoms with van der Waals surface area (Å²) < 4.78 is 10.9. The Bertz CT molecular complexity index is 544. The molecule has 0 spiro atoms. The van der Waals surface area contributed by atoms with Gasteiger partial charge < -0.3 is 15.2 Å². The molecule has 1 aromatic heterocycles. The fourth-order valence-electron chi connectivity index (χ4n) is 1.49. The molecule has 0 unspecified atom stereocenters. The van der Waals surface area contributed by atoms with E-state index < -0.39 is 0 Å². The highest BCUT2D eigenvalue weighted by Crippen LogP contribution is 2.24. The number of nitrogens with zero attached hydrogens (tertiary/aromatic N) is 2. The first kappa shape index (κ1) is 12.2. The molecule has 0 aliphatic rings. The topological polar surface area (TPSA) is 70.3 Å². The second-order valence-corrected chi connectivity index (χ2v) is 3.74. The Hall–Kier alpha value is -2.30. The Morgan fingerprint density at radius 1 is 1.28 bits per heavy atom. The van der Waals surface area contributed by atoms with Crippen molar-refractivity contribution >= 4 is 5.69 Å². The molecule has 0 saturated carbocycles. The fourth-order valence-corrected chi connectivity index (χ4v) is 1.49. The van der Waals surface area contributed by atoms with Crippen LogP contribution in [0.5, 0.6) is 17.6 Å². The van der Waals surface area contributed by atoms with Gasteiger partial charge in [0.2, 0.25) is 5.88 Å². The number of anilines is 1. The van der Waals surface area contributed by atoms with Crippen molar-refractivity contribution in [3.05, 3.63) is 36.0 Å². The normalized spacial score (nSPS) is 10.1. The van der Waals surface area contributed by atoms with Crippen LogP contribution in [-0.2, 0) is 0 Å². The van der Waals surface area contributed by atoms with Gasteiger partial charge in [-0.2, -0.15) is 4.98 Å². The Morgan fingerprint density at radius 3 is 2.83 bits per heavy atom. The van der Waals surface area contributed by atoms with Crippen LogP contribution in [0.3, 0.4) is 0 Å². The van der Waals surface area contributed by atoms with Crippen molar-refractivity contribution < 1.29 is 9.47 Å². The summed E-state index contributed by atoms with van der Waals surface area (Å²) in [5.74, 6) is 1.17. The Labute approximate surface area is 106 Å². The quantitative estimate of drug-likeness (QED) is 0.838. The van der Waals surface area contributed by atoms with Crippen molar-refractivity contribution in [2.75, 3.05) is 12.3 Å². The number of nitrogen functional groups attached to an aromatic ring is 1. The largest absolute Gasteiger partial charge is 0.478 e. The zero-order valence-electron chi connectivity index (χ0n) is 10.4. The molecule has 2 rings (SSSR count). The molecule has 0 aliphatic carbocycles. The average Bonchev–Trinajstić information content (AvgIpc) is 2.34. The molecule has 0 saturated heterocycles. The first-order valence-corrected chi connectivity index (χ1v) is 5.69. The van der Waals surface area contributed by atoms with E-state index in [1.165, 1.54) is 0 Å². The molecule has 0 aliphatic heterocycles. The lowest BCUT2D eigenvalue weighted by Gasteiger charge is -2.08. The molecule has 0 atom stereocenters. The van der Waals surface area contributed by atoms with E-state index in [1.807, 2.05) is 19.9 Å². The second kappa shape index (κ2) is 5.35. The molecule has 0 bridgehead atoms. The van der Waals surface area contributed by atoms with Crippen LogP contribution in [0.1, 0.15) is 12.5 Å². The van der Waals surface area contributed by atoms with Gasteiger partial charge in [-0.1, -0.05) is 0 Å². The Morgan fingerprint density at radius 2 is 2.11 bits per heavy atom. The lowest BCUT2D eigenvalue weighted by Crippen LogP contribution is -1.98. The third kappa shape index (κ3) is 2.88. The predicted molar refractivity (Wildman–Crippen MR) is 68.9 cm³/mol. The summed E-state index contributed by atoms with van der Waals surface area (Å²) in [4.78, 5) is 8.17. The van der Waals surface area contributed by atoms with Crippen molar-refractivity contribution in [2.45, 2.75) is 13.8 Å². The molecule has 0 radical (unpaired) electrons. The Kier molecular flexibility index (Phi) is 3.62. The summed E-state index contributed by atoms with van der Waals surface area (Å²) in [5.41, 5.74) is 7.31. The number of aryl methyl sites for hydroxylation is 1. The second-order valence-electron chi connectivity index (χ2n) is 3.74. The zero-order valence-corrected chi connectivity index (χ0v) is 10.4. The van der Waals surface area contributed by atoms with Gasteiger partial charge >= 0.3 is 6.01 Å². The number of ether oxygens (including phenoxy) is 2. The molecule has 18 heavy (non-hydrogen) atoms. The lowest BCUT2D eigenvalue weighted by molar-refractivity contribution is 0.318. The maximum absolute atomic E-state index is 5.68. The van der Waals surface area contributed by atoms with Crippen LogP contribution in [0.4, 0.5) is 5.69 Å². The molecule has 2 aromatic rings. The first-order valence-electron chi connectivity index (χ1n) is 5.69. The molecular weight excluding hydrogens is 230 g/mol. The number of hydrogen-bond acceptors (Lipinski definition) is 5. The highest BCUT2D eigenvalue weighted by atomic mass is 16.5. The lowest BCUT2D eigenvalue weighted by atomic mass is 10.2. The summed E-state index contributed by atoms with van der Waals surface area (Å²) >= 11 is 0. The molecule has 5 nitrogen and oxygen atoms in total. The third-order valence-electron chi connectivity index (χ3n) is 2.30. The maximum atomic E-state index is 5.68. The van der Waals surface area contributed by atoms with Gasteiger partial charge in [0, 0.05) is 18.0 Å². The van der Waals surface area contributed by atoms with E-state index in [1.54, 1.807) is 24.4 Å². The summed E-state index contributed by atoms with van der Waals surface area (Å²) in [5, 5.41) is 0. The van der Waals surface area contributed by atoms with Crippen LogP contribution >= 0.6 is 0 Å². The minimum Gasteiger partial charge on any atom is -0.478 e. The predicted octanol–water partition coefficient (Wildman–Crippen LogP) is 2.56. The van der Waals surface area contributed by atoms with Gasteiger partial charge in [-0.15, -0.1) is 0 Å². The third-order valence-corrected chi connectivity index (χ3v) is 2.30. The van der Waals surface area contributed by atoms with Crippen molar-refractivity contribution in [2.24, 2.45) is 0 Å². The van der Waals surface area contributed by atoms with E-state index in [-0.39, 0.29) is 6.01 Å². The molecule has 0 fully saturated rings. The first-order chi connectivity index (χ1) is 8.69. The van der Waals surface area contributed by atoms with Gasteiger partial charge in [-0.3, -0.25) is 0 Å². The van der Waals surface area contributed by atoms with E-state index in [4.69, 9.17) is 15.2 Å². The van der Waals surface area contributed by atoms with Crippen LogP contribution in [0.25, 0.3) is 0 Å². The van der Waals surface area contributed by atoms with Gasteiger partial charge in [0.25, 0.3) is 0 Å². The number of hydrogen-bond donors (Lipinski definition) is 1. The molecule has 2 N–H and O–H groups in total. The van der Waals surface area contributed by atoms with Gasteiger partial charge in [-0.25, -0.2) is 4.98 Å². The van der Waals surface area contributed by atoms with Crippen molar-refractivity contribution in [3.63, 3.8) is 0 Å². The zero-order chi connectivity index (χ0) is 13.0. The van der Waals surface area contributed by atoms with Gasteiger partial charge in [0.05, 0.1) is 6.61 Å². The van der Waals surface area contributed by atoms with Gasteiger partial charge in [0.1, 0.15) is 5.75 Å². The standard InChI is InChI=1S/C13H15N3O2/c1-3-17-12-6-7-15-13(16-12)18-11-5-4-10(14)8-9(11)2/h4-8H,3,14H2,1-2H3. The number of rotatable bonds is 4. The van der Waals surface area contributed by atoms with E-state index in [0.717, 1.165) is 5.56 Å². The molecule has 1 heterocycles. The summed E-state index contributed by atoms with van der Waals surface area (Å²) in [6.45, 7) is 4.36. The fraction of sp³-hybridized carbons (Fsp3) is 0.231. The van der Waals surface area contributed by atoms with Crippen LogP contribution in [0, 0.1) is 6.92 Å². The average molecular weight is 245 g/mol. The molecular formula is C13H15N3O2. The van der Waals surface area contributed by atoms with Crippen LogP contribution in [0.2, 0.25) is 0 Å². The maximum Gasteiger partial charge on any atom is 0.325 e. The van der Waals surface area contributed by atoms with Gasteiger partial charge in [0.15, 0.2) is 0 Å².